The predicted molar refractivity (Wildman–Crippen MR) is 68.9 cm³/mol. The molecule has 17 heavy (non-hydrogen) atoms. The Morgan fingerprint density at radius 3 is 2.71 bits per heavy atom. The maximum absolute atomic E-state index is 9.24. The zero-order valence-corrected chi connectivity index (χ0v) is 9.94. The number of H-pyrrole nitrogens is 1. The Morgan fingerprint density at radius 2 is 2.12 bits per heavy atom. The maximum atomic E-state index is 9.24. The van der Waals surface area contributed by atoms with Gasteiger partial charge in [0.15, 0.2) is 5.95 Å². The van der Waals surface area contributed by atoms with Crippen molar-refractivity contribution >= 4 is 29.6 Å². The smallest absolute Gasteiger partial charge is 0.423 e. The first-order valence-corrected chi connectivity index (χ1v) is 5.61. The van der Waals surface area contributed by atoms with Crippen LogP contribution in [0.3, 0.4) is 0 Å². The molecular formula is C11H16BN3O2. The second-order valence-corrected chi connectivity index (χ2v) is 4.67. The molecule has 1 aromatic carbocycles. The highest BCUT2D eigenvalue weighted by molar-refractivity contribution is 6.59. The van der Waals surface area contributed by atoms with Crippen molar-refractivity contribution in [1.82, 2.24) is 9.97 Å². The third kappa shape index (κ3) is 2.43. The molecule has 0 fully saturated rings. The third-order valence-corrected chi connectivity index (χ3v) is 2.63. The average Bonchev–Trinajstić information content (AvgIpc) is 2.57. The van der Waals surface area contributed by atoms with Gasteiger partial charge in [0.1, 0.15) is 0 Å². The van der Waals surface area contributed by atoms with E-state index in [-0.39, 0.29) is 0 Å². The molecule has 1 aromatic heterocycles. The number of rotatable bonds is 3. The summed E-state index contributed by atoms with van der Waals surface area (Å²) in [5.74, 6) is 0.803. The number of nitrogen functional groups attached to an aromatic ring is 1. The van der Waals surface area contributed by atoms with Gasteiger partial charge in [-0.25, -0.2) is 4.98 Å². The molecule has 6 heteroatoms. The summed E-state index contributed by atoms with van der Waals surface area (Å²) in [4.78, 5) is 7.14. The molecule has 0 saturated heterocycles. The summed E-state index contributed by atoms with van der Waals surface area (Å²) in [6, 6.07) is 3.43. The predicted octanol–water partition coefficient (Wildman–Crippen LogP) is 0.0234. The Labute approximate surface area is 99.8 Å². The number of nitrogens with one attached hydrogen (secondary N) is 1. The van der Waals surface area contributed by atoms with Crippen molar-refractivity contribution in [2.75, 3.05) is 5.73 Å². The molecule has 1 heterocycles. The van der Waals surface area contributed by atoms with Crippen LogP contribution in [0.5, 0.6) is 0 Å². The van der Waals surface area contributed by atoms with Crippen LogP contribution in [0.25, 0.3) is 11.0 Å². The van der Waals surface area contributed by atoms with Crippen LogP contribution in [-0.2, 0) is 6.42 Å². The van der Waals surface area contributed by atoms with Crippen molar-refractivity contribution < 1.29 is 10.0 Å². The third-order valence-electron chi connectivity index (χ3n) is 2.63. The van der Waals surface area contributed by atoms with Gasteiger partial charge in [-0.15, -0.1) is 0 Å². The molecule has 0 atom stereocenters. The van der Waals surface area contributed by atoms with Crippen LogP contribution in [0, 0.1) is 5.92 Å². The lowest BCUT2D eigenvalue weighted by Crippen LogP contribution is -2.30. The van der Waals surface area contributed by atoms with Gasteiger partial charge in [0.2, 0.25) is 0 Å². The van der Waals surface area contributed by atoms with Gasteiger partial charge in [-0.2, -0.15) is 0 Å². The first-order chi connectivity index (χ1) is 7.97. The minimum atomic E-state index is -1.48. The number of imidazole rings is 1. The van der Waals surface area contributed by atoms with E-state index in [1.54, 1.807) is 12.1 Å². The molecule has 0 unspecified atom stereocenters. The second-order valence-electron chi connectivity index (χ2n) is 4.67. The lowest BCUT2D eigenvalue weighted by molar-refractivity contribution is 0.425. The van der Waals surface area contributed by atoms with Crippen LogP contribution in [0.4, 0.5) is 5.95 Å². The van der Waals surface area contributed by atoms with E-state index in [2.05, 4.69) is 23.8 Å². The molecule has 0 aliphatic heterocycles. The fourth-order valence-corrected chi connectivity index (χ4v) is 1.98. The Kier molecular flexibility index (Phi) is 3.08. The van der Waals surface area contributed by atoms with Gasteiger partial charge in [-0.1, -0.05) is 19.9 Å². The van der Waals surface area contributed by atoms with Gasteiger partial charge in [0, 0.05) is 0 Å². The molecule has 5 nitrogen and oxygen atoms in total. The minimum Gasteiger partial charge on any atom is -0.423 e. The highest BCUT2D eigenvalue weighted by Crippen LogP contribution is 2.19. The summed E-state index contributed by atoms with van der Waals surface area (Å²) in [5.41, 5.74) is 8.61. The van der Waals surface area contributed by atoms with Crippen LogP contribution in [0.15, 0.2) is 12.1 Å². The summed E-state index contributed by atoms with van der Waals surface area (Å²) in [5, 5.41) is 18.5. The number of anilines is 1. The summed E-state index contributed by atoms with van der Waals surface area (Å²) < 4.78 is 0. The number of hydrogen-bond donors (Lipinski definition) is 4. The van der Waals surface area contributed by atoms with Crippen molar-refractivity contribution in [3.8, 4) is 0 Å². The molecule has 0 aliphatic carbocycles. The monoisotopic (exact) mass is 233 g/mol. The SMILES string of the molecule is CC(C)Cc1cc(B(O)O)cc2[nH]c(N)nc12. The van der Waals surface area contributed by atoms with Gasteiger partial charge >= 0.3 is 7.12 Å². The molecule has 5 N–H and O–H groups in total. The van der Waals surface area contributed by atoms with Crippen LogP contribution < -0.4 is 11.2 Å². The zero-order valence-electron chi connectivity index (χ0n) is 9.94. The van der Waals surface area contributed by atoms with Gasteiger partial charge in [0.05, 0.1) is 11.0 Å². The number of aromatic nitrogens is 2. The molecule has 0 saturated carbocycles. The quantitative estimate of drug-likeness (QED) is 0.562. The largest absolute Gasteiger partial charge is 0.488 e. The van der Waals surface area contributed by atoms with Gasteiger partial charge in [0.25, 0.3) is 0 Å². The van der Waals surface area contributed by atoms with Crippen LogP contribution in [0.2, 0.25) is 0 Å². The number of benzene rings is 1. The van der Waals surface area contributed by atoms with Gasteiger partial charge < -0.3 is 20.8 Å². The normalized spacial score (nSPS) is 11.4. The Balaban J connectivity index is 2.60. The van der Waals surface area contributed by atoms with E-state index < -0.39 is 7.12 Å². The Bertz CT molecular complexity index is 537. The average molecular weight is 233 g/mol. The standard InChI is InChI=1S/C11H16BN3O2/c1-6(2)3-7-4-8(12(16)17)5-9-10(7)15-11(13)14-9/h4-6,16-17H,3H2,1-2H3,(H3,13,14,15). The number of nitrogens with two attached hydrogens (primary N) is 1. The number of nitrogens with zero attached hydrogens (tertiary/aromatic N) is 1. The Hall–Kier alpha value is -1.53. The maximum Gasteiger partial charge on any atom is 0.488 e. The van der Waals surface area contributed by atoms with Crippen molar-refractivity contribution in [2.24, 2.45) is 5.92 Å². The lowest BCUT2D eigenvalue weighted by Gasteiger charge is -2.08. The van der Waals surface area contributed by atoms with Crippen LogP contribution in [0.1, 0.15) is 19.4 Å². The highest BCUT2D eigenvalue weighted by atomic mass is 16.4. The molecule has 0 amide bonds. The van der Waals surface area contributed by atoms with Crippen molar-refractivity contribution in [2.45, 2.75) is 20.3 Å². The van der Waals surface area contributed by atoms with E-state index in [1.165, 1.54) is 0 Å². The number of aromatic amines is 1. The van der Waals surface area contributed by atoms with Crippen LogP contribution >= 0.6 is 0 Å². The minimum absolute atomic E-state index is 0.342. The molecular weight excluding hydrogens is 217 g/mol. The summed E-state index contributed by atoms with van der Waals surface area (Å²) in [6.07, 6.45) is 0.821. The van der Waals surface area contributed by atoms with E-state index in [0.717, 1.165) is 23.0 Å². The van der Waals surface area contributed by atoms with Gasteiger partial charge in [-0.3, -0.25) is 0 Å². The zero-order chi connectivity index (χ0) is 12.6. The lowest BCUT2D eigenvalue weighted by atomic mass is 9.78. The first-order valence-electron chi connectivity index (χ1n) is 5.61. The van der Waals surface area contributed by atoms with E-state index >= 15 is 0 Å². The molecule has 0 bridgehead atoms. The van der Waals surface area contributed by atoms with E-state index in [4.69, 9.17) is 5.73 Å². The summed E-state index contributed by atoms with van der Waals surface area (Å²) in [6.45, 7) is 4.20. The van der Waals surface area contributed by atoms with Crippen molar-refractivity contribution in [3.05, 3.63) is 17.7 Å². The molecule has 2 aromatic rings. The van der Waals surface area contributed by atoms with Crippen LogP contribution in [-0.4, -0.2) is 27.1 Å². The van der Waals surface area contributed by atoms with E-state index in [1.807, 2.05) is 0 Å². The van der Waals surface area contributed by atoms with E-state index in [9.17, 15) is 10.0 Å². The molecule has 90 valence electrons. The fourth-order valence-electron chi connectivity index (χ4n) is 1.98. The highest BCUT2D eigenvalue weighted by Gasteiger charge is 2.16. The molecule has 0 spiro atoms. The first kappa shape index (κ1) is 11.9. The fraction of sp³-hybridized carbons (Fsp3) is 0.364. The molecule has 2 rings (SSSR count). The number of hydrogen-bond acceptors (Lipinski definition) is 4. The summed E-state index contributed by atoms with van der Waals surface area (Å²) >= 11 is 0. The Morgan fingerprint density at radius 1 is 1.41 bits per heavy atom. The second kappa shape index (κ2) is 4.39. The van der Waals surface area contributed by atoms with E-state index in [0.29, 0.717) is 17.3 Å². The topological polar surface area (TPSA) is 95.2 Å². The summed E-state index contributed by atoms with van der Waals surface area (Å²) in [7, 11) is -1.48. The van der Waals surface area contributed by atoms with Crippen molar-refractivity contribution in [3.63, 3.8) is 0 Å². The van der Waals surface area contributed by atoms with Crippen molar-refractivity contribution in [1.29, 1.82) is 0 Å². The molecule has 0 radical (unpaired) electrons. The van der Waals surface area contributed by atoms with Gasteiger partial charge in [-0.05, 0) is 29.4 Å². The number of fused-ring (bicyclic) bond motifs is 1. The molecule has 0 aliphatic rings.